The lowest BCUT2D eigenvalue weighted by molar-refractivity contribution is 0.385. The molecule has 1 fully saturated rings. The fourth-order valence-corrected chi connectivity index (χ4v) is 4.11. The van der Waals surface area contributed by atoms with Crippen LogP contribution in [0.15, 0.2) is 0 Å². The average Bonchev–Trinajstić information content (AvgIpc) is 2.16. The molecule has 0 heterocycles. The van der Waals surface area contributed by atoms with Crippen LogP contribution < -0.4 is 0 Å². The third-order valence-corrected chi connectivity index (χ3v) is 4.91. The highest BCUT2D eigenvalue weighted by molar-refractivity contribution is 7.91. The highest BCUT2D eigenvalue weighted by Gasteiger charge is 2.20. The molecule has 14 heavy (non-hydrogen) atoms. The molecular formula is C11H22O2S. The van der Waals surface area contributed by atoms with Gasteiger partial charge in [0.25, 0.3) is 0 Å². The third kappa shape index (κ3) is 4.45. The average molecular weight is 218 g/mol. The summed E-state index contributed by atoms with van der Waals surface area (Å²) in [5.41, 5.74) is 0. The van der Waals surface area contributed by atoms with Gasteiger partial charge < -0.3 is 0 Å². The second-order valence-corrected chi connectivity index (χ2v) is 6.70. The van der Waals surface area contributed by atoms with Gasteiger partial charge in [-0.3, -0.25) is 0 Å². The van der Waals surface area contributed by atoms with Crippen molar-refractivity contribution in [3.05, 3.63) is 0 Å². The van der Waals surface area contributed by atoms with Crippen molar-refractivity contribution in [1.82, 2.24) is 0 Å². The molecule has 0 bridgehead atoms. The minimum Gasteiger partial charge on any atom is -0.229 e. The highest BCUT2D eigenvalue weighted by atomic mass is 32.2. The molecule has 0 atom stereocenters. The van der Waals surface area contributed by atoms with Crippen molar-refractivity contribution in [2.75, 3.05) is 11.5 Å². The monoisotopic (exact) mass is 218 g/mol. The Balaban J connectivity index is 2.33. The van der Waals surface area contributed by atoms with Crippen LogP contribution in [-0.2, 0) is 9.84 Å². The lowest BCUT2D eigenvalue weighted by Crippen LogP contribution is -2.20. The summed E-state index contributed by atoms with van der Waals surface area (Å²) in [5, 5.41) is 0. The Morgan fingerprint density at radius 1 is 1.14 bits per heavy atom. The molecule has 1 aliphatic carbocycles. The molecule has 1 saturated carbocycles. The Kier molecular flexibility index (Phi) is 4.93. The number of unbranched alkanes of at least 4 members (excludes halogenated alkanes) is 1. The minimum absolute atomic E-state index is 0.403. The van der Waals surface area contributed by atoms with Crippen molar-refractivity contribution >= 4 is 9.84 Å². The van der Waals surface area contributed by atoms with E-state index in [2.05, 4.69) is 0 Å². The number of rotatable bonds is 5. The lowest BCUT2D eigenvalue weighted by Gasteiger charge is -2.21. The highest BCUT2D eigenvalue weighted by Crippen LogP contribution is 2.25. The van der Waals surface area contributed by atoms with E-state index in [1.54, 1.807) is 0 Å². The zero-order valence-electron chi connectivity index (χ0n) is 9.17. The van der Waals surface area contributed by atoms with Gasteiger partial charge in [-0.15, -0.1) is 0 Å². The predicted octanol–water partition coefficient (Wildman–Crippen LogP) is 2.78. The quantitative estimate of drug-likeness (QED) is 0.711. The normalized spacial score (nSPS) is 19.8. The Hall–Kier alpha value is -0.0500. The second kappa shape index (κ2) is 5.74. The van der Waals surface area contributed by atoms with Crippen LogP contribution >= 0.6 is 0 Å². The van der Waals surface area contributed by atoms with E-state index < -0.39 is 9.84 Å². The van der Waals surface area contributed by atoms with E-state index in [4.69, 9.17) is 0 Å². The molecule has 0 spiro atoms. The van der Waals surface area contributed by atoms with Gasteiger partial charge in [-0.2, -0.15) is 0 Å². The van der Waals surface area contributed by atoms with Crippen LogP contribution in [0.4, 0.5) is 0 Å². The number of hydrogen-bond acceptors (Lipinski definition) is 2. The standard InChI is InChI=1S/C11H22O2S/c1-2-3-9-14(12,13)10-11-7-5-4-6-8-11/h11H,2-10H2,1H3. The van der Waals surface area contributed by atoms with Gasteiger partial charge >= 0.3 is 0 Å². The zero-order valence-corrected chi connectivity index (χ0v) is 9.98. The largest absolute Gasteiger partial charge is 0.229 e. The summed E-state index contributed by atoms with van der Waals surface area (Å²) >= 11 is 0. The maximum Gasteiger partial charge on any atom is 0.150 e. The number of hydrogen-bond donors (Lipinski definition) is 0. The molecule has 0 aromatic carbocycles. The fourth-order valence-electron chi connectivity index (χ4n) is 2.16. The van der Waals surface area contributed by atoms with Crippen LogP contribution in [0.2, 0.25) is 0 Å². The van der Waals surface area contributed by atoms with E-state index in [1.165, 1.54) is 19.3 Å². The van der Waals surface area contributed by atoms with Crippen molar-refractivity contribution in [3.63, 3.8) is 0 Å². The Labute approximate surface area is 88.0 Å². The molecule has 3 heteroatoms. The molecule has 0 saturated heterocycles. The van der Waals surface area contributed by atoms with Crippen molar-refractivity contribution in [3.8, 4) is 0 Å². The Bertz CT molecular complexity index is 238. The first-order valence-corrected chi connectivity index (χ1v) is 7.66. The lowest BCUT2D eigenvalue weighted by atomic mass is 9.91. The van der Waals surface area contributed by atoms with Crippen LogP contribution in [0, 0.1) is 5.92 Å². The molecule has 1 rings (SSSR count). The predicted molar refractivity (Wildman–Crippen MR) is 60.1 cm³/mol. The molecule has 0 radical (unpaired) electrons. The summed E-state index contributed by atoms with van der Waals surface area (Å²) in [7, 11) is -2.74. The van der Waals surface area contributed by atoms with E-state index in [-0.39, 0.29) is 0 Å². The molecule has 0 aromatic rings. The van der Waals surface area contributed by atoms with Gasteiger partial charge in [0, 0.05) is 0 Å². The Morgan fingerprint density at radius 3 is 2.36 bits per heavy atom. The van der Waals surface area contributed by atoms with Crippen LogP contribution in [0.5, 0.6) is 0 Å². The first-order valence-electron chi connectivity index (χ1n) is 5.84. The van der Waals surface area contributed by atoms with Gasteiger partial charge in [0.2, 0.25) is 0 Å². The summed E-state index contributed by atoms with van der Waals surface area (Å²) in [4.78, 5) is 0. The summed E-state index contributed by atoms with van der Waals surface area (Å²) in [5.74, 6) is 1.32. The molecule has 1 aliphatic rings. The molecular weight excluding hydrogens is 196 g/mol. The van der Waals surface area contributed by atoms with Gasteiger partial charge in [-0.1, -0.05) is 32.6 Å². The van der Waals surface area contributed by atoms with Crippen molar-refractivity contribution in [1.29, 1.82) is 0 Å². The fraction of sp³-hybridized carbons (Fsp3) is 1.00. The molecule has 0 unspecified atom stereocenters. The second-order valence-electron chi connectivity index (χ2n) is 4.47. The summed E-state index contributed by atoms with van der Waals surface area (Å²) < 4.78 is 23.3. The van der Waals surface area contributed by atoms with Crippen LogP contribution in [0.1, 0.15) is 51.9 Å². The molecule has 0 aliphatic heterocycles. The first kappa shape index (κ1) is 12.0. The maximum atomic E-state index is 11.7. The van der Waals surface area contributed by atoms with Crippen molar-refractivity contribution in [2.24, 2.45) is 5.92 Å². The van der Waals surface area contributed by atoms with E-state index in [0.717, 1.165) is 25.7 Å². The molecule has 2 nitrogen and oxygen atoms in total. The molecule has 0 amide bonds. The van der Waals surface area contributed by atoms with Crippen molar-refractivity contribution < 1.29 is 8.42 Å². The van der Waals surface area contributed by atoms with E-state index >= 15 is 0 Å². The van der Waals surface area contributed by atoms with Crippen molar-refractivity contribution in [2.45, 2.75) is 51.9 Å². The van der Waals surface area contributed by atoms with Gasteiger partial charge in [0.1, 0.15) is 0 Å². The van der Waals surface area contributed by atoms with E-state index in [9.17, 15) is 8.42 Å². The Morgan fingerprint density at radius 2 is 1.79 bits per heavy atom. The third-order valence-electron chi connectivity index (χ3n) is 3.02. The zero-order chi connectivity index (χ0) is 10.4. The summed E-state index contributed by atoms with van der Waals surface area (Å²) in [6.45, 7) is 2.04. The van der Waals surface area contributed by atoms with Gasteiger partial charge in [-0.05, 0) is 25.2 Å². The summed E-state index contributed by atoms with van der Waals surface area (Å²) in [6.07, 6.45) is 7.82. The first-order chi connectivity index (χ1) is 6.64. The SMILES string of the molecule is CCCCS(=O)(=O)CC1CCCCC1. The topological polar surface area (TPSA) is 34.1 Å². The molecule has 0 aromatic heterocycles. The van der Waals surface area contributed by atoms with Gasteiger partial charge in [0.15, 0.2) is 9.84 Å². The molecule has 84 valence electrons. The van der Waals surface area contributed by atoms with E-state index in [1.807, 2.05) is 6.92 Å². The van der Waals surface area contributed by atoms with Crippen LogP contribution in [-0.4, -0.2) is 19.9 Å². The summed E-state index contributed by atoms with van der Waals surface area (Å²) in [6, 6.07) is 0. The van der Waals surface area contributed by atoms with Crippen LogP contribution in [0.3, 0.4) is 0 Å². The smallest absolute Gasteiger partial charge is 0.150 e. The van der Waals surface area contributed by atoms with Gasteiger partial charge in [0.05, 0.1) is 11.5 Å². The van der Waals surface area contributed by atoms with Gasteiger partial charge in [-0.25, -0.2) is 8.42 Å². The minimum atomic E-state index is -2.74. The van der Waals surface area contributed by atoms with E-state index in [0.29, 0.717) is 17.4 Å². The molecule has 0 N–H and O–H groups in total. The van der Waals surface area contributed by atoms with Crippen LogP contribution in [0.25, 0.3) is 0 Å². The number of sulfone groups is 1. The maximum absolute atomic E-state index is 11.7.